The van der Waals surface area contributed by atoms with Gasteiger partial charge >= 0.3 is 0 Å². The monoisotopic (exact) mass is 175 g/mol. The number of pyridine rings is 1. The van der Waals surface area contributed by atoms with Crippen molar-refractivity contribution in [1.29, 1.82) is 0 Å². The summed E-state index contributed by atoms with van der Waals surface area (Å²) in [6, 6.07) is 4.06. The van der Waals surface area contributed by atoms with Crippen molar-refractivity contribution in [2.75, 3.05) is 0 Å². The molecule has 0 radical (unpaired) electrons. The fourth-order valence-corrected chi connectivity index (χ4v) is 1.60. The third-order valence-electron chi connectivity index (χ3n) is 2.39. The molecule has 1 aliphatic rings. The summed E-state index contributed by atoms with van der Waals surface area (Å²) in [5.41, 5.74) is 3.39. The second-order valence-electron chi connectivity index (χ2n) is 3.49. The van der Waals surface area contributed by atoms with E-state index in [4.69, 9.17) is 0 Å². The maximum atomic E-state index is 9.32. The van der Waals surface area contributed by atoms with Crippen molar-refractivity contribution in [2.45, 2.75) is 25.9 Å². The molecule has 1 N–H and O–H groups in total. The van der Waals surface area contributed by atoms with Crippen LogP contribution in [-0.2, 0) is 0 Å². The van der Waals surface area contributed by atoms with Gasteiger partial charge in [-0.05, 0) is 37.0 Å². The minimum Gasteiger partial charge on any atom is -0.389 e. The fourth-order valence-electron chi connectivity index (χ4n) is 1.60. The van der Waals surface area contributed by atoms with Gasteiger partial charge in [-0.25, -0.2) is 0 Å². The number of aliphatic hydroxyl groups is 1. The molecule has 1 heterocycles. The summed E-state index contributed by atoms with van der Waals surface area (Å²) in [4.78, 5) is 4.23. The highest BCUT2D eigenvalue weighted by Gasteiger charge is 2.13. The molecule has 0 aromatic carbocycles. The van der Waals surface area contributed by atoms with Crippen molar-refractivity contribution in [3.8, 4) is 0 Å². The van der Waals surface area contributed by atoms with Crippen LogP contribution in [0.15, 0.2) is 24.4 Å². The molecule has 1 aliphatic carbocycles. The summed E-state index contributed by atoms with van der Waals surface area (Å²) >= 11 is 0. The van der Waals surface area contributed by atoms with Crippen molar-refractivity contribution < 1.29 is 5.11 Å². The molecule has 2 nitrogen and oxygen atoms in total. The Labute approximate surface area is 77.9 Å². The van der Waals surface area contributed by atoms with Crippen LogP contribution in [0.25, 0.3) is 5.57 Å². The van der Waals surface area contributed by atoms with E-state index in [0.29, 0.717) is 0 Å². The van der Waals surface area contributed by atoms with E-state index in [0.717, 1.165) is 24.1 Å². The highest BCUT2D eigenvalue weighted by Crippen LogP contribution is 2.27. The van der Waals surface area contributed by atoms with E-state index in [2.05, 4.69) is 11.1 Å². The van der Waals surface area contributed by atoms with Crippen LogP contribution in [0.5, 0.6) is 0 Å². The quantitative estimate of drug-likeness (QED) is 0.707. The van der Waals surface area contributed by atoms with Crippen LogP contribution < -0.4 is 0 Å². The molecule has 1 atom stereocenters. The van der Waals surface area contributed by atoms with Crippen LogP contribution >= 0.6 is 0 Å². The van der Waals surface area contributed by atoms with Crippen molar-refractivity contribution in [1.82, 2.24) is 4.98 Å². The first-order valence-electron chi connectivity index (χ1n) is 4.57. The van der Waals surface area contributed by atoms with Crippen LogP contribution in [0.2, 0.25) is 0 Å². The molecule has 0 amide bonds. The highest BCUT2D eigenvalue weighted by atomic mass is 16.3. The number of nitrogens with zero attached hydrogens (tertiary/aromatic N) is 1. The Bertz CT molecular complexity index is 326. The zero-order valence-electron chi connectivity index (χ0n) is 7.70. The number of aliphatic hydroxyl groups excluding tert-OH is 1. The molecule has 0 spiro atoms. The minimum absolute atomic E-state index is 0.253. The molecule has 1 aromatic heterocycles. The Morgan fingerprint density at radius 3 is 2.85 bits per heavy atom. The van der Waals surface area contributed by atoms with Gasteiger partial charge in [-0.3, -0.25) is 4.98 Å². The Morgan fingerprint density at radius 2 is 2.31 bits per heavy atom. The van der Waals surface area contributed by atoms with E-state index in [-0.39, 0.29) is 6.10 Å². The number of allylic oxidation sites excluding steroid dienone is 1. The number of aryl methyl sites for hydroxylation is 1. The van der Waals surface area contributed by atoms with E-state index in [9.17, 15) is 5.11 Å². The van der Waals surface area contributed by atoms with Crippen molar-refractivity contribution in [3.05, 3.63) is 35.7 Å². The number of hydrogen-bond donors (Lipinski definition) is 1. The van der Waals surface area contributed by atoms with Crippen molar-refractivity contribution in [2.24, 2.45) is 0 Å². The molecule has 0 fully saturated rings. The van der Waals surface area contributed by atoms with Crippen LogP contribution in [0.4, 0.5) is 0 Å². The summed E-state index contributed by atoms with van der Waals surface area (Å²) < 4.78 is 0. The topological polar surface area (TPSA) is 33.1 Å². The molecule has 1 aromatic rings. The van der Waals surface area contributed by atoms with E-state index >= 15 is 0 Å². The Hall–Kier alpha value is -1.15. The number of hydrogen-bond acceptors (Lipinski definition) is 2. The Morgan fingerprint density at radius 1 is 1.46 bits per heavy atom. The molecule has 2 rings (SSSR count). The molecular weight excluding hydrogens is 162 g/mol. The molecule has 0 aliphatic heterocycles. The van der Waals surface area contributed by atoms with E-state index in [1.165, 1.54) is 5.57 Å². The predicted octanol–water partition coefficient (Wildman–Crippen LogP) is 1.93. The molecule has 13 heavy (non-hydrogen) atoms. The third kappa shape index (κ3) is 1.78. The largest absolute Gasteiger partial charge is 0.389 e. The Balaban J connectivity index is 2.26. The highest BCUT2D eigenvalue weighted by molar-refractivity contribution is 5.67. The van der Waals surface area contributed by atoms with Gasteiger partial charge in [0.05, 0.1) is 6.10 Å². The fraction of sp³-hybridized carbons (Fsp3) is 0.364. The van der Waals surface area contributed by atoms with E-state index in [1.54, 1.807) is 0 Å². The normalized spacial score (nSPS) is 21.7. The summed E-state index contributed by atoms with van der Waals surface area (Å²) in [5, 5.41) is 9.32. The molecule has 0 saturated heterocycles. The van der Waals surface area contributed by atoms with Gasteiger partial charge in [0.1, 0.15) is 0 Å². The maximum absolute atomic E-state index is 9.32. The average molecular weight is 175 g/mol. The standard InChI is InChI=1S/C11H13NO/c1-8-2-3-10(7-12-8)9-4-5-11(13)6-9/h2-3,6-7,11,13H,4-5H2,1H3. The second-order valence-corrected chi connectivity index (χ2v) is 3.49. The molecule has 0 saturated carbocycles. The summed E-state index contributed by atoms with van der Waals surface area (Å²) in [5.74, 6) is 0. The molecule has 2 heteroatoms. The van der Waals surface area contributed by atoms with E-state index in [1.807, 2.05) is 25.3 Å². The van der Waals surface area contributed by atoms with Gasteiger partial charge in [-0.2, -0.15) is 0 Å². The van der Waals surface area contributed by atoms with Crippen LogP contribution in [-0.4, -0.2) is 16.2 Å². The lowest BCUT2D eigenvalue weighted by molar-refractivity contribution is 0.223. The SMILES string of the molecule is Cc1ccc(C2=CC(O)CC2)cn1. The van der Waals surface area contributed by atoms with Gasteiger partial charge in [-0.1, -0.05) is 12.1 Å². The van der Waals surface area contributed by atoms with Gasteiger partial charge in [0.2, 0.25) is 0 Å². The minimum atomic E-state index is -0.253. The van der Waals surface area contributed by atoms with Gasteiger partial charge < -0.3 is 5.11 Å². The zero-order valence-corrected chi connectivity index (χ0v) is 7.70. The summed E-state index contributed by atoms with van der Waals surface area (Å²) in [7, 11) is 0. The van der Waals surface area contributed by atoms with Gasteiger partial charge in [0.15, 0.2) is 0 Å². The molecular formula is C11H13NO. The lowest BCUT2D eigenvalue weighted by Crippen LogP contribution is -1.93. The third-order valence-corrected chi connectivity index (χ3v) is 2.39. The Kier molecular flexibility index (Phi) is 2.15. The van der Waals surface area contributed by atoms with Crippen molar-refractivity contribution in [3.63, 3.8) is 0 Å². The number of rotatable bonds is 1. The van der Waals surface area contributed by atoms with Gasteiger partial charge in [0.25, 0.3) is 0 Å². The molecule has 1 unspecified atom stereocenters. The van der Waals surface area contributed by atoms with E-state index < -0.39 is 0 Å². The lowest BCUT2D eigenvalue weighted by Gasteiger charge is -2.00. The first-order chi connectivity index (χ1) is 6.25. The van der Waals surface area contributed by atoms with Crippen LogP contribution in [0, 0.1) is 6.92 Å². The van der Waals surface area contributed by atoms with Crippen LogP contribution in [0.1, 0.15) is 24.1 Å². The molecule has 68 valence electrons. The lowest BCUT2D eigenvalue weighted by atomic mass is 10.1. The predicted molar refractivity (Wildman–Crippen MR) is 52.2 cm³/mol. The van der Waals surface area contributed by atoms with Gasteiger partial charge in [-0.15, -0.1) is 0 Å². The maximum Gasteiger partial charge on any atom is 0.0730 e. The second kappa shape index (κ2) is 3.30. The zero-order chi connectivity index (χ0) is 9.26. The average Bonchev–Trinajstić information content (AvgIpc) is 2.53. The summed E-state index contributed by atoms with van der Waals surface area (Å²) in [6.45, 7) is 1.97. The van der Waals surface area contributed by atoms with Gasteiger partial charge in [0, 0.05) is 11.9 Å². The van der Waals surface area contributed by atoms with Crippen LogP contribution in [0.3, 0.4) is 0 Å². The molecule has 0 bridgehead atoms. The first-order valence-corrected chi connectivity index (χ1v) is 4.57. The summed E-state index contributed by atoms with van der Waals surface area (Å²) in [6.07, 6.45) is 5.36. The smallest absolute Gasteiger partial charge is 0.0730 e. The first kappa shape index (κ1) is 8.45. The van der Waals surface area contributed by atoms with Crippen molar-refractivity contribution >= 4 is 5.57 Å². The number of aromatic nitrogens is 1.